The molecule has 1 aromatic rings. The Bertz CT molecular complexity index is 740. The van der Waals surface area contributed by atoms with Crippen molar-refractivity contribution >= 4 is 12.2 Å². The van der Waals surface area contributed by atoms with Gasteiger partial charge in [0, 0.05) is 11.4 Å². The van der Waals surface area contributed by atoms with E-state index in [1.54, 1.807) is 35.1 Å². The van der Waals surface area contributed by atoms with Gasteiger partial charge in [-0.25, -0.2) is 0 Å². The molecule has 1 heterocycles. The molecule has 2 atom stereocenters. The molecule has 3 rings (SSSR count). The summed E-state index contributed by atoms with van der Waals surface area (Å²) in [4.78, 5) is 12.4. The second-order valence-corrected chi connectivity index (χ2v) is 4.86. The van der Waals surface area contributed by atoms with Crippen molar-refractivity contribution in [1.29, 1.82) is 0 Å². The number of hydrogen-bond acceptors (Lipinski definition) is 3. The molecular formula is C15H15NO3. The summed E-state index contributed by atoms with van der Waals surface area (Å²) in [5, 5.41) is 20.3. The Labute approximate surface area is 109 Å². The van der Waals surface area contributed by atoms with E-state index < -0.39 is 6.10 Å². The van der Waals surface area contributed by atoms with Crippen molar-refractivity contribution in [3.63, 3.8) is 0 Å². The maximum atomic E-state index is 12.4. The molecule has 0 aromatic carbocycles. The van der Waals surface area contributed by atoms with Gasteiger partial charge >= 0.3 is 0 Å². The van der Waals surface area contributed by atoms with Crippen LogP contribution in [0.5, 0.6) is 0 Å². The lowest BCUT2D eigenvalue weighted by Gasteiger charge is -2.18. The van der Waals surface area contributed by atoms with E-state index in [2.05, 4.69) is 0 Å². The first kappa shape index (κ1) is 12.0. The molecule has 4 heteroatoms. The van der Waals surface area contributed by atoms with Gasteiger partial charge in [-0.05, 0) is 42.4 Å². The molecule has 2 aliphatic carbocycles. The van der Waals surface area contributed by atoms with Crippen molar-refractivity contribution in [2.45, 2.75) is 25.0 Å². The number of rotatable bonds is 1. The van der Waals surface area contributed by atoms with Crippen LogP contribution in [0.4, 0.5) is 0 Å². The van der Waals surface area contributed by atoms with Gasteiger partial charge in [0.2, 0.25) is 0 Å². The van der Waals surface area contributed by atoms with Gasteiger partial charge in [-0.1, -0.05) is 12.2 Å². The van der Waals surface area contributed by atoms with Crippen molar-refractivity contribution in [1.82, 2.24) is 4.57 Å². The maximum absolute atomic E-state index is 12.4. The van der Waals surface area contributed by atoms with E-state index in [4.69, 9.17) is 0 Å². The third-order valence-electron chi connectivity index (χ3n) is 3.54. The Kier molecular flexibility index (Phi) is 2.87. The molecule has 4 nitrogen and oxygen atoms in total. The number of aliphatic hydroxyl groups excluding tert-OH is 2. The van der Waals surface area contributed by atoms with Crippen molar-refractivity contribution in [2.24, 2.45) is 0 Å². The lowest BCUT2D eigenvalue weighted by Crippen LogP contribution is -2.47. The zero-order valence-corrected chi connectivity index (χ0v) is 10.4. The molecular weight excluding hydrogens is 242 g/mol. The Balaban J connectivity index is 2.10. The topological polar surface area (TPSA) is 62.5 Å². The highest BCUT2D eigenvalue weighted by molar-refractivity contribution is 5.40. The van der Waals surface area contributed by atoms with Gasteiger partial charge in [-0.15, -0.1) is 0 Å². The fraction of sp³-hybridized carbons (Fsp3) is 0.267. The Hall–Kier alpha value is -2.07. The molecule has 0 radical (unpaired) electrons. The van der Waals surface area contributed by atoms with Crippen LogP contribution < -0.4 is 16.0 Å². The molecule has 1 aromatic heterocycles. The average Bonchev–Trinajstić information content (AvgIpc) is 2.40. The normalized spacial score (nSPS) is 25.0. The molecule has 0 aliphatic heterocycles. The van der Waals surface area contributed by atoms with Gasteiger partial charge in [-0.3, -0.25) is 4.79 Å². The molecule has 2 aliphatic rings. The molecule has 0 spiro atoms. The zero-order chi connectivity index (χ0) is 13.4. The van der Waals surface area contributed by atoms with Gasteiger partial charge in [0.1, 0.15) is 5.76 Å². The Morgan fingerprint density at radius 1 is 1.26 bits per heavy atom. The number of fused-ring (bicyclic) bond motifs is 1. The van der Waals surface area contributed by atoms with Crippen LogP contribution >= 0.6 is 0 Å². The van der Waals surface area contributed by atoms with E-state index in [1.807, 2.05) is 12.1 Å². The first-order valence-corrected chi connectivity index (χ1v) is 6.34. The van der Waals surface area contributed by atoms with E-state index in [0.29, 0.717) is 18.1 Å². The summed E-state index contributed by atoms with van der Waals surface area (Å²) in [5.41, 5.74) is -0.0508. The summed E-state index contributed by atoms with van der Waals surface area (Å²) in [6.45, 7) is 0. The SMILES string of the molecule is O=c1c2c(ccn1C1C=CC(O)=CC1)=CC(O)CC=2. The Morgan fingerprint density at radius 2 is 2.11 bits per heavy atom. The molecule has 0 saturated carbocycles. The number of allylic oxidation sites excluding steroid dienone is 3. The largest absolute Gasteiger partial charge is 0.508 e. The van der Waals surface area contributed by atoms with Gasteiger partial charge in [0.05, 0.1) is 12.1 Å². The highest BCUT2D eigenvalue weighted by Crippen LogP contribution is 2.17. The van der Waals surface area contributed by atoms with E-state index in [1.165, 1.54) is 0 Å². The fourth-order valence-electron chi connectivity index (χ4n) is 2.51. The summed E-state index contributed by atoms with van der Waals surface area (Å²) in [7, 11) is 0. The maximum Gasteiger partial charge on any atom is 0.258 e. The molecule has 0 saturated heterocycles. The average molecular weight is 257 g/mol. The molecule has 0 bridgehead atoms. The second-order valence-electron chi connectivity index (χ2n) is 4.86. The van der Waals surface area contributed by atoms with Gasteiger partial charge < -0.3 is 14.8 Å². The lowest BCUT2D eigenvalue weighted by atomic mass is 10.1. The Morgan fingerprint density at radius 3 is 2.84 bits per heavy atom. The fourth-order valence-corrected chi connectivity index (χ4v) is 2.51. The number of pyridine rings is 1. The minimum absolute atomic E-state index is 0.0508. The van der Waals surface area contributed by atoms with E-state index in [9.17, 15) is 15.0 Å². The highest BCUT2D eigenvalue weighted by atomic mass is 16.3. The summed E-state index contributed by atoms with van der Waals surface area (Å²) in [6, 6.07) is 1.79. The smallest absolute Gasteiger partial charge is 0.258 e. The summed E-state index contributed by atoms with van der Waals surface area (Å²) >= 11 is 0. The van der Waals surface area contributed by atoms with E-state index in [0.717, 1.165) is 5.22 Å². The molecule has 19 heavy (non-hydrogen) atoms. The minimum atomic E-state index is -0.503. The second kappa shape index (κ2) is 4.55. The number of hydrogen-bond donors (Lipinski definition) is 2. The van der Waals surface area contributed by atoms with Gasteiger partial charge in [0.15, 0.2) is 0 Å². The van der Waals surface area contributed by atoms with Gasteiger partial charge in [0.25, 0.3) is 5.56 Å². The lowest BCUT2D eigenvalue weighted by molar-refractivity contribution is 0.244. The monoisotopic (exact) mass is 257 g/mol. The third kappa shape index (κ3) is 2.15. The molecule has 0 amide bonds. The predicted molar refractivity (Wildman–Crippen MR) is 73.0 cm³/mol. The highest BCUT2D eigenvalue weighted by Gasteiger charge is 2.13. The van der Waals surface area contributed by atoms with Crippen molar-refractivity contribution in [3.05, 3.63) is 57.0 Å². The quantitative estimate of drug-likeness (QED) is 0.751. The van der Waals surface area contributed by atoms with Crippen molar-refractivity contribution in [3.8, 4) is 0 Å². The van der Waals surface area contributed by atoms with Crippen LogP contribution in [-0.2, 0) is 0 Å². The summed E-state index contributed by atoms with van der Waals surface area (Å²) in [6.07, 6.45) is 11.0. The molecule has 98 valence electrons. The van der Waals surface area contributed by atoms with E-state index >= 15 is 0 Å². The number of aliphatic hydroxyl groups is 2. The van der Waals surface area contributed by atoms with Crippen LogP contribution in [0.1, 0.15) is 18.9 Å². The summed E-state index contributed by atoms with van der Waals surface area (Å²) < 4.78 is 1.67. The third-order valence-corrected chi connectivity index (χ3v) is 3.54. The van der Waals surface area contributed by atoms with Crippen molar-refractivity contribution in [2.75, 3.05) is 0 Å². The first-order chi connectivity index (χ1) is 9.15. The first-order valence-electron chi connectivity index (χ1n) is 6.34. The molecule has 2 N–H and O–H groups in total. The number of nitrogens with zero attached hydrogens (tertiary/aromatic N) is 1. The van der Waals surface area contributed by atoms with Crippen LogP contribution in [0.3, 0.4) is 0 Å². The standard InChI is InChI=1S/C15H15NO3/c17-12-3-1-11(2-4-12)16-8-7-10-9-13(18)5-6-14(10)15(16)19/h1,3-4,6-9,11,13,17-18H,2,5H2. The number of aromatic nitrogens is 1. The van der Waals surface area contributed by atoms with Crippen LogP contribution in [-0.4, -0.2) is 20.9 Å². The van der Waals surface area contributed by atoms with Gasteiger partial charge in [-0.2, -0.15) is 0 Å². The van der Waals surface area contributed by atoms with Crippen LogP contribution in [0.2, 0.25) is 0 Å². The predicted octanol–water partition coefficient (Wildman–Crippen LogP) is 0.117. The van der Waals surface area contributed by atoms with E-state index in [-0.39, 0.29) is 17.4 Å². The zero-order valence-electron chi connectivity index (χ0n) is 10.4. The molecule has 0 fully saturated rings. The minimum Gasteiger partial charge on any atom is -0.508 e. The van der Waals surface area contributed by atoms with Crippen LogP contribution in [0.25, 0.3) is 12.2 Å². The molecule has 2 unspecified atom stereocenters. The van der Waals surface area contributed by atoms with Crippen LogP contribution in [0, 0.1) is 0 Å². The van der Waals surface area contributed by atoms with Crippen LogP contribution in [0.15, 0.2) is 41.0 Å². The van der Waals surface area contributed by atoms with Crippen molar-refractivity contribution < 1.29 is 10.2 Å². The summed E-state index contributed by atoms with van der Waals surface area (Å²) in [5.74, 6) is 0.241.